The Morgan fingerprint density at radius 1 is 1.22 bits per heavy atom. The molecule has 1 N–H and O–H groups in total. The quantitative estimate of drug-likeness (QED) is 0.914. The maximum absolute atomic E-state index is 12.3. The summed E-state index contributed by atoms with van der Waals surface area (Å²) in [6, 6.07) is 7.68. The molecule has 0 saturated carbocycles. The highest BCUT2D eigenvalue weighted by Crippen LogP contribution is 2.19. The maximum Gasteiger partial charge on any atom is 0.241 e. The Morgan fingerprint density at radius 2 is 1.96 bits per heavy atom. The summed E-state index contributed by atoms with van der Waals surface area (Å²) in [5.74, 6) is -0.0225. The van der Waals surface area contributed by atoms with Crippen LogP contribution in [-0.4, -0.2) is 51.0 Å². The molecule has 6 heteroatoms. The Bertz CT molecular complexity index is 672. The highest BCUT2D eigenvalue weighted by Gasteiger charge is 2.28. The van der Waals surface area contributed by atoms with E-state index in [1.807, 2.05) is 24.3 Å². The molecule has 124 valence electrons. The molecule has 0 aliphatic carbocycles. The average Bonchev–Trinajstić information content (AvgIpc) is 2.97. The zero-order valence-electron chi connectivity index (χ0n) is 14.0. The van der Waals surface area contributed by atoms with E-state index in [1.165, 1.54) is 19.3 Å². The van der Waals surface area contributed by atoms with Crippen LogP contribution in [0.15, 0.2) is 24.3 Å². The van der Waals surface area contributed by atoms with Crippen LogP contribution in [-0.2, 0) is 11.3 Å². The van der Waals surface area contributed by atoms with E-state index < -0.39 is 0 Å². The Morgan fingerprint density at radius 3 is 2.74 bits per heavy atom. The monoisotopic (exact) mass is 315 g/mol. The molecule has 6 nitrogen and oxygen atoms in total. The van der Waals surface area contributed by atoms with Crippen molar-refractivity contribution in [3.8, 4) is 0 Å². The molecule has 0 spiro atoms. The molecule has 0 bridgehead atoms. The number of piperidine rings is 1. The van der Waals surface area contributed by atoms with Gasteiger partial charge in [0.1, 0.15) is 12.1 Å². The lowest BCUT2D eigenvalue weighted by Crippen LogP contribution is -2.53. The van der Waals surface area contributed by atoms with Crippen LogP contribution >= 0.6 is 0 Å². The molecule has 23 heavy (non-hydrogen) atoms. The van der Waals surface area contributed by atoms with Gasteiger partial charge in [-0.2, -0.15) is 0 Å². The number of nitrogens with zero attached hydrogens (tertiary/aromatic N) is 4. The van der Waals surface area contributed by atoms with Crippen LogP contribution < -0.4 is 5.32 Å². The summed E-state index contributed by atoms with van der Waals surface area (Å²) in [4.78, 5) is 14.7. The van der Waals surface area contributed by atoms with Gasteiger partial charge in [0.25, 0.3) is 0 Å². The first-order valence-electron chi connectivity index (χ1n) is 8.36. The molecule has 3 rings (SSSR count). The van der Waals surface area contributed by atoms with E-state index in [2.05, 4.69) is 34.4 Å². The topological polar surface area (TPSA) is 63.1 Å². The molecule has 1 aromatic carbocycles. The van der Waals surface area contributed by atoms with Gasteiger partial charge in [-0.3, -0.25) is 9.69 Å². The molecule has 0 radical (unpaired) electrons. The number of likely N-dealkylation sites (tertiary alicyclic amines) is 1. The number of fused-ring (bicyclic) bond motifs is 1. The van der Waals surface area contributed by atoms with Crippen molar-refractivity contribution in [2.75, 3.05) is 19.6 Å². The van der Waals surface area contributed by atoms with Gasteiger partial charge in [0.2, 0.25) is 5.91 Å². The van der Waals surface area contributed by atoms with E-state index in [0.29, 0.717) is 6.54 Å². The van der Waals surface area contributed by atoms with Crippen molar-refractivity contribution in [2.45, 2.75) is 45.2 Å². The second-order valence-electron chi connectivity index (χ2n) is 6.87. The fourth-order valence-corrected chi connectivity index (χ4v) is 3.15. The smallest absolute Gasteiger partial charge is 0.241 e. The normalized spacial score (nSPS) is 16.6. The fraction of sp³-hybridized carbons (Fsp3) is 0.588. The van der Waals surface area contributed by atoms with Crippen molar-refractivity contribution in [3.63, 3.8) is 0 Å². The van der Waals surface area contributed by atoms with E-state index in [4.69, 9.17) is 0 Å². The van der Waals surface area contributed by atoms with Gasteiger partial charge < -0.3 is 5.32 Å². The predicted octanol–water partition coefficient (Wildman–Crippen LogP) is 1.81. The number of carbonyl (C=O) groups is 1. The van der Waals surface area contributed by atoms with Crippen LogP contribution in [0.3, 0.4) is 0 Å². The molecule has 1 fully saturated rings. The highest BCUT2D eigenvalue weighted by molar-refractivity contribution is 5.79. The summed E-state index contributed by atoms with van der Waals surface area (Å²) in [6.45, 7) is 7.50. The number of para-hydroxylation sites is 1. The number of benzene rings is 1. The van der Waals surface area contributed by atoms with Crippen LogP contribution in [0, 0.1) is 0 Å². The summed E-state index contributed by atoms with van der Waals surface area (Å²) >= 11 is 0. The van der Waals surface area contributed by atoms with Gasteiger partial charge in [0.05, 0.1) is 5.52 Å². The Hall–Kier alpha value is -1.95. The van der Waals surface area contributed by atoms with Crippen molar-refractivity contribution >= 4 is 16.9 Å². The summed E-state index contributed by atoms with van der Waals surface area (Å²) in [6.07, 6.45) is 3.82. The largest absolute Gasteiger partial charge is 0.353 e. The third-order valence-corrected chi connectivity index (χ3v) is 4.64. The SMILES string of the molecule is CC(C)(CNC(=O)Cn1nnc2ccccc21)N1CCCCC1. The van der Waals surface area contributed by atoms with E-state index in [1.54, 1.807) is 4.68 Å². The maximum atomic E-state index is 12.3. The van der Waals surface area contributed by atoms with Gasteiger partial charge in [-0.1, -0.05) is 23.8 Å². The number of nitrogens with one attached hydrogen (secondary N) is 1. The zero-order chi connectivity index (χ0) is 16.3. The van der Waals surface area contributed by atoms with Crippen molar-refractivity contribution in [1.82, 2.24) is 25.2 Å². The van der Waals surface area contributed by atoms with Crippen molar-refractivity contribution in [1.29, 1.82) is 0 Å². The minimum atomic E-state index is -0.0225. The van der Waals surface area contributed by atoms with Gasteiger partial charge in [-0.25, -0.2) is 4.68 Å². The number of hydrogen-bond donors (Lipinski definition) is 1. The second-order valence-corrected chi connectivity index (χ2v) is 6.87. The second kappa shape index (κ2) is 6.66. The van der Waals surface area contributed by atoms with Crippen LogP contribution in [0.5, 0.6) is 0 Å². The molecule has 0 unspecified atom stereocenters. The summed E-state index contributed by atoms with van der Waals surface area (Å²) in [5, 5.41) is 11.2. The number of rotatable bonds is 5. The van der Waals surface area contributed by atoms with E-state index in [9.17, 15) is 4.79 Å². The molecule has 1 aliphatic rings. The first-order chi connectivity index (χ1) is 11.1. The average molecular weight is 315 g/mol. The van der Waals surface area contributed by atoms with Crippen molar-refractivity contribution in [2.24, 2.45) is 0 Å². The van der Waals surface area contributed by atoms with Crippen LogP contribution in [0.25, 0.3) is 11.0 Å². The fourth-order valence-electron chi connectivity index (χ4n) is 3.15. The van der Waals surface area contributed by atoms with Crippen LogP contribution in [0.2, 0.25) is 0 Å². The van der Waals surface area contributed by atoms with Gasteiger partial charge in [0, 0.05) is 12.1 Å². The summed E-state index contributed by atoms with van der Waals surface area (Å²) in [7, 11) is 0. The van der Waals surface area contributed by atoms with Gasteiger partial charge in [0.15, 0.2) is 0 Å². The number of carbonyl (C=O) groups excluding carboxylic acids is 1. The number of amides is 1. The van der Waals surface area contributed by atoms with Crippen molar-refractivity contribution in [3.05, 3.63) is 24.3 Å². The number of aromatic nitrogens is 3. The summed E-state index contributed by atoms with van der Waals surface area (Å²) in [5.41, 5.74) is 1.69. The van der Waals surface area contributed by atoms with Crippen LogP contribution in [0.4, 0.5) is 0 Å². The molecule has 0 atom stereocenters. The third-order valence-electron chi connectivity index (χ3n) is 4.64. The molecule has 2 aromatic rings. The first kappa shape index (κ1) is 15.9. The minimum absolute atomic E-state index is 0.0134. The summed E-state index contributed by atoms with van der Waals surface area (Å²) < 4.78 is 1.65. The van der Waals surface area contributed by atoms with Gasteiger partial charge >= 0.3 is 0 Å². The van der Waals surface area contributed by atoms with E-state index >= 15 is 0 Å². The standard InChI is InChI=1S/C17H25N5O/c1-17(2,21-10-6-3-7-11-21)13-18-16(23)12-22-15-9-5-4-8-14(15)19-20-22/h4-5,8-9H,3,6-7,10-13H2,1-2H3,(H,18,23). The Balaban J connectivity index is 1.57. The predicted molar refractivity (Wildman–Crippen MR) is 90.0 cm³/mol. The lowest BCUT2D eigenvalue weighted by molar-refractivity contribution is -0.122. The highest BCUT2D eigenvalue weighted by atomic mass is 16.2. The molecule has 1 amide bonds. The lowest BCUT2D eigenvalue weighted by atomic mass is 9.98. The first-order valence-corrected chi connectivity index (χ1v) is 8.36. The molecule has 1 aromatic heterocycles. The van der Waals surface area contributed by atoms with Crippen molar-refractivity contribution < 1.29 is 4.79 Å². The van der Waals surface area contributed by atoms with Gasteiger partial charge in [-0.05, 0) is 51.9 Å². The lowest BCUT2D eigenvalue weighted by Gasteiger charge is -2.41. The minimum Gasteiger partial charge on any atom is -0.353 e. The Kier molecular flexibility index (Phi) is 4.61. The molecular weight excluding hydrogens is 290 g/mol. The van der Waals surface area contributed by atoms with E-state index in [-0.39, 0.29) is 18.0 Å². The molecule has 1 saturated heterocycles. The van der Waals surface area contributed by atoms with Crippen LogP contribution in [0.1, 0.15) is 33.1 Å². The van der Waals surface area contributed by atoms with Gasteiger partial charge in [-0.15, -0.1) is 5.10 Å². The zero-order valence-corrected chi connectivity index (χ0v) is 14.0. The van der Waals surface area contributed by atoms with E-state index in [0.717, 1.165) is 24.1 Å². The third kappa shape index (κ3) is 3.69. The number of hydrogen-bond acceptors (Lipinski definition) is 4. The Labute approximate surface area is 136 Å². The molecule has 1 aliphatic heterocycles. The molecule has 2 heterocycles. The molecular formula is C17H25N5O.